The number of hydrogen-bond donors (Lipinski definition) is 2. The fourth-order valence-electron chi connectivity index (χ4n) is 4.16. The maximum Gasteiger partial charge on any atom is 0.387 e. The van der Waals surface area contributed by atoms with Gasteiger partial charge in [-0.2, -0.15) is 8.78 Å². The summed E-state index contributed by atoms with van der Waals surface area (Å²) < 4.78 is 32.1. The first-order chi connectivity index (χ1) is 18.1. The summed E-state index contributed by atoms with van der Waals surface area (Å²) in [4.78, 5) is 39.4. The first-order valence-electron chi connectivity index (χ1n) is 12.2. The molecule has 9 nitrogen and oxygen atoms in total. The number of hydrogen-bond acceptors (Lipinski definition) is 6. The normalized spacial score (nSPS) is 12.1. The second-order valence-electron chi connectivity index (χ2n) is 9.31. The largest absolute Gasteiger partial charge is 0.434 e. The van der Waals surface area contributed by atoms with Crippen molar-refractivity contribution in [1.29, 1.82) is 0 Å². The van der Waals surface area contributed by atoms with Gasteiger partial charge in [-0.1, -0.05) is 13.8 Å². The highest BCUT2D eigenvalue weighted by molar-refractivity contribution is 5.95. The van der Waals surface area contributed by atoms with Crippen molar-refractivity contribution < 1.29 is 18.3 Å². The molecule has 0 spiro atoms. The minimum atomic E-state index is -3.11. The number of aromatic amines is 1. The van der Waals surface area contributed by atoms with Gasteiger partial charge in [0.2, 0.25) is 0 Å². The molecule has 0 fully saturated rings. The predicted molar refractivity (Wildman–Crippen MR) is 141 cm³/mol. The van der Waals surface area contributed by atoms with Crippen molar-refractivity contribution in [2.24, 2.45) is 0 Å². The van der Waals surface area contributed by atoms with Gasteiger partial charge in [0.15, 0.2) is 0 Å². The zero-order chi connectivity index (χ0) is 27.6. The topological polar surface area (TPSA) is 105 Å². The summed E-state index contributed by atoms with van der Waals surface area (Å²) in [6.45, 7) is 2.26. The van der Waals surface area contributed by atoms with E-state index in [1.807, 2.05) is 37.2 Å². The van der Waals surface area contributed by atoms with Gasteiger partial charge in [0.1, 0.15) is 23.6 Å². The fourth-order valence-corrected chi connectivity index (χ4v) is 4.16. The molecule has 0 aromatic carbocycles. The van der Waals surface area contributed by atoms with Crippen molar-refractivity contribution in [3.8, 4) is 16.9 Å². The Morgan fingerprint density at radius 2 is 1.95 bits per heavy atom. The smallest absolute Gasteiger partial charge is 0.387 e. The molecule has 4 heterocycles. The van der Waals surface area contributed by atoms with Gasteiger partial charge in [-0.3, -0.25) is 14.0 Å². The Bertz CT molecular complexity index is 1510. The lowest BCUT2D eigenvalue weighted by molar-refractivity contribution is -0.0506. The number of rotatable bonds is 9. The van der Waals surface area contributed by atoms with Crippen LogP contribution in [0.15, 0.2) is 47.7 Å². The van der Waals surface area contributed by atoms with Gasteiger partial charge < -0.3 is 19.9 Å². The number of nitrogens with zero attached hydrogens (tertiary/aromatic N) is 4. The first kappa shape index (κ1) is 26.8. The van der Waals surface area contributed by atoms with Crippen LogP contribution in [0, 0.1) is 6.92 Å². The van der Waals surface area contributed by atoms with E-state index in [1.165, 1.54) is 6.07 Å². The first-order valence-corrected chi connectivity index (χ1v) is 12.2. The number of aromatic nitrogens is 4. The number of imidazole rings is 1. The van der Waals surface area contributed by atoms with E-state index in [2.05, 4.69) is 38.9 Å². The molecule has 4 aromatic rings. The zero-order valence-corrected chi connectivity index (χ0v) is 21.9. The molecule has 1 unspecified atom stereocenters. The molecule has 11 heteroatoms. The number of halogens is 2. The van der Waals surface area contributed by atoms with E-state index < -0.39 is 18.1 Å². The van der Waals surface area contributed by atoms with E-state index in [4.69, 9.17) is 0 Å². The van der Waals surface area contributed by atoms with Crippen LogP contribution in [0.3, 0.4) is 0 Å². The molecule has 4 rings (SSSR count). The van der Waals surface area contributed by atoms with Crippen molar-refractivity contribution in [1.82, 2.24) is 24.7 Å². The Morgan fingerprint density at radius 3 is 2.58 bits per heavy atom. The summed E-state index contributed by atoms with van der Waals surface area (Å²) in [6, 6.07) is 8.80. The molecular formula is C27H30F2N6O3. The maximum atomic E-state index is 13.4. The van der Waals surface area contributed by atoms with Crippen LogP contribution in [0.5, 0.6) is 5.75 Å². The second-order valence-corrected chi connectivity index (χ2v) is 9.31. The van der Waals surface area contributed by atoms with Gasteiger partial charge in [0.25, 0.3) is 11.5 Å². The van der Waals surface area contributed by atoms with Crippen molar-refractivity contribution in [3.63, 3.8) is 0 Å². The van der Waals surface area contributed by atoms with Gasteiger partial charge in [-0.25, -0.2) is 9.97 Å². The van der Waals surface area contributed by atoms with Gasteiger partial charge in [-0.05, 0) is 43.2 Å². The van der Waals surface area contributed by atoms with Crippen LogP contribution < -0.4 is 20.5 Å². The Hall–Kier alpha value is -4.28. The lowest BCUT2D eigenvalue weighted by atomic mass is 10.0. The minimum absolute atomic E-state index is 0.106. The Morgan fingerprint density at radius 1 is 1.18 bits per heavy atom. The van der Waals surface area contributed by atoms with Crippen molar-refractivity contribution in [3.05, 3.63) is 75.9 Å². The third-order valence-corrected chi connectivity index (χ3v) is 6.40. The van der Waals surface area contributed by atoms with Crippen LogP contribution in [0.4, 0.5) is 14.6 Å². The Kier molecular flexibility index (Phi) is 7.75. The average Bonchev–Trinajstić information content (AvgIpc) is 3.30. The molecule has 4 aromatic heterocycles. The third kappa shape index (κ3) is 5.51. The number of H-pyrrole nitrogens is 1. The average molecular weight is 525 g/mol. The van der Waals surface area contributed by atoms with Crippen LogP contribution in [-0.4, -0.2) is 46.0 Å². The minimum Gasteiger partial charge on any atom is -0.434 e. The molecule has 1 amide bonds. The van der Waals surface area contributed by atoms with E-state index in [0.29, 0.717) is 5.69 Å². The molecule has 0 saturated heterocycles. The number of alkyl halides is 2. The molecule has 0 radical (unpaired) electrons. The summed E-state index contributed by atoms with van der Waals surface area (Å²) in [7, 11) is 3.80. The van der Waals surface area contributed by atoms with Crippen LogP contribution in [0.1, 0.15) is 53.6 Å². The lowest BCUT2D eigenvalue weighted by Gasteiger charge is -2.15. The maximum absolute atomic E-state index is 13.4. The highest BCUT2D eigenvalue weighted by Crippen LogP contribution is 2.29. The number of fused-ring (bicyclic) bond motifs is 1. The molecule has 0 aliphatic carbocycles. The van der Waals surface area contributed by atoms with E-state index in [-0.39, 0.29) is 29.5 Å². The summed E-state index contributed by atoms with van der Waals surface area (Å²) in [6.07, 6.45) is 4.19. The van der Waals surface area contributed by atoms with Crippen molar-refractivity contribution in [2.45, 2.75) is 46.3 Å². The van der Waals surface area contributed by atoms with Gasteiger partial charge in [-0.15, -0.1) is 0 Å². The van der Waals surface area contributed by atoms with E-state index in [9.17, 15) is 18.4 Å². The number of amides is 1. The zero-order valence-electron chi connectivity index (χ0n) is 21.9. The molecular weight excluding hydrogens is 494 g/mol. The fraction of sp³-hybridized carbons (Fsp3) is 0.333. The number of ether oxygens (including phenoxy) is 1. The van der Waals surface area contributed by atoms with Crippen LogP contribution in [0.2, 0.25) is 0 Å². The van der Waals surface area contributed by atoms with Crippen LogP contribution >= 0.6 is 0 Å². The number of aryl methyl sites for hydroxylation is 1. The van der Waals surface area contributed by atoms with E-state index >= 15 is 0 Å². The van der Waals surface area contributed by atoms with Crippen LogP contribution in [0.25, 0.3) is 16.6 Å². The summed E-state index contributed by atoms with van der Waals surface area (Å²) >= 11 is 0. The Labute approximate surface area is 218 Å². The molecule has 0 saturated carbocycles. The molecule has 0 aliphatic rings. The summed E-state index contributed by atoms with van der Waals surface area (Å²) in [5.74, 6) is 0.156. The lowest BCUT2D eigenvalue weighted by Crippen LogP contribution is -2.29. The number of pyridine rings is 3. The monoisotopic (exact) mass is 524 g/mol. The molecule has 2 N–H and O–H groups in total. The summed E-state index contributed by atoms with van der Waals surface area (Å²) in [5.41, 5.74) is 3.11. The SMILES string of the molecule is CCC(C)c1ncn2c(C(=O)NCc3c(OC(F)F)cc(C)[nH]c3=O)cc(-c3ccc(N(C)C)nc3)cc12. The molecule has 200 valence electrons. The van der Waals surface area contributed by atoms with Crippen molar-refractivity contribution in [2.75, 3.05) is 19.0 Å². The number of anilines is 1. The van der Waals surface area contributed by atoms with Gasteiger partial charge in [0, 0.05) is 43.5 Å². The number of nitrogens with one attached hydrogen (secondary N) is 2. The third-order valence-electron chi connectivity index (χ3n) is 6.40. The van der Waals surface area contributed by atoms with Crippen molar-refractivity contribution >= 4 is 17.2 Å². The molecule has 0 aliphatic heterocycles. The van der Waals surface area contributed by atoms with E-state index in [0.717, 1.165) is 34.6 Å². The number of carbonyl (C=O) groups excluding carboxylic acids is 1. The standard InChI is InChI=1S/C27H30F2N6O3/c1-6-15(2)24-20-10-18(17-7-8-23(30-12-17)34(4)5)11-21(35(20)14-32-24)26(37)31-13-19-22(38-27(28)29)9-16(3)33-25(19)36/h7-12,14-15,27H,6,13H2,1-5H3,(H,31,37)(H,33,36). The predicted octanol–water partition coefficient (Wildman–Crippen LogP) is 4.50. The van der Waals surface area contributed by atoms with Crippen LogP contribution in [-0.2, 0) is 6.54 Å². The quantitative estimate of drug-likeness (QED) is 0.334. The number of carbonyl (C=O) groups is 1. The molecule has 38 heavy (non-hydrogen) atoms. The van der Waals surface area contributed by atoms with Gasteiger partial charge in [0.05, 0.1) is 23.3 Å². The second kappa shape index (κ2) is 11.0. The highest BCUT2D eigenvalue weighted by Gasteiger charge is 2.20. The van der Waals surface area contributed by atoms with E-state index in [1.54, 1.807) is 29.9 Å². The molecule has 0 bridgehead atoms. The van der Waals surface area contributed by atoms with Gasteiger partial charge >= 0.3 is 6.61 Å². The summed E-state index contributed by atoms with van der Waals surface area (Å²) in [5, 5.41) is 2.68. The highest BCUT2D eigenvalue weighted by atomic mass is 19.3. The molecule has 1 atom stereocenters. The Balaban J connectivity index is 1.75.